The molecule has 0 saturated heterocycles. The minimum atomic E-state index is 0.739. The van der Waals surface area contributed by atoms with Gasteiger partial charge < -0.3 is 4.90 Å². The number of aliphatic imine (C=N–C) groups is 1. The first-order valence-corrected chi connectivity index (χ1v) is 8.06. The van der Waals surface area contributed by atoms with Gasteiger partial charge in [-0.1, -0.05) is 60.7 Å². The van der Waals surface area contributed by atoms with E-state index >= 15 is 0 Å². The van der Waals surface area contributed by atoms with E-state index in [1.807, 2.05) is 12.1 Å². The maximum atomic E-state index is 4.64. The normalized spacial score (nSPS) is 14.1. The molecule has 1 heterocycles. The molecule has 3 rings (SSSR count). The van der Waals surface area contributed by atoms with Gasteiger partial charge in [0.05, 0.1) is 5.04 Å². The molecule has 1 aliphatic heterocycles. The summed E-state index contributed by atoms with van der Waals surface area (Å²) in [6, 6.07) is 21.0. The van der Waals surface area contributed by atoms with Crippen molar-refractivity contribution in [1.29, 1.82) is 0 Å². The highest BCUT2D eigenvalue weighted by Crippen LogP contribution is 2.17. The Morgan fingerprint density at radius 1 is 0.905 bits per heavy atom. The summed E-state index contributed by atoms with van der Waals surface area (Å²) in [5.41, 5.74) is 2.66. The molecule has 0 unspecified atom stereocenters. The van der Waals surface area contributed by atoms with Crippen LogP contribution in [0.1, 0.15) is 11.1 Å². The fourth-order valence-corrected chi connectivity index (χ4v) is 2.99. The number of benzene rings is 2. The van der Waals surface area contributed by atoms with Crippen LogP contribution in [0.2, 0.25) is 0 Å². The fourth-order valence-electron chi connectivity index (χ4n) is 2.18. The van der Waals surface area contributed by atoms with Gasteiger partial charge in [0.1, 0.15) is 6.67 Å². The summed E-state index contributed by atoms with van der Waals surface area (Å²) >= 11 is 1.80. The smallest absolute Gasteiger partial charge is 0.111 e. The maximum absolute atomic E-state index is 4.64. The third kappa shape index (κ3) is 4.23. The Bertz CT molecular complexity index is 620. The molecule has 2 aromatic carbocycles. The predicted molar refractivity (Wildman–Crippen MR) is 91.2 cm³/mol. The molecule has 3 heteroatoms. The van der Waals surface area contributed by atoms with Crippen LogP contribution in [-0.4, -0.2) is 16.6 Å². The number of rotatable bonds is 4. The molecule has 0 spiro atoms. The Balaban J connectivity index is 1.50. The van der Waals surface area contributed by atoms with E-state index in [4.69, 9.17) is 0 Å². The average molecular weight is 294 g/mol. The van der Waals surface area contributed by atoms with Crippen molar-refractivity contribution >= 4 is 16.8 Å². The zero-order valence-electron chi connectivity index (χ0n) is 11.9. The van der Waals surface area contributed by atoms with E-state index < -0.39 is 0 Å². The van der Waals surface area contributed by atoms with Crippen molar-refractivity contribution in [2.75, 3.05) is 6.67 Å². The number of thioether (sulfide) groups is 1. The lowest BCUT2D eigenvalue weighted by Crippen LogP contribution is -2.20. The third-order valence-electron chi connectivity index (χ3n) is 3.29. The first kappa shape index (κ1) is 14.0. The van der Waals surface area contributed by atoms with Gasteiger partial charge in [-0.2, -0.15) is 0 Å². The lowest BCUT2D eigenvalue weighted by Gasteiger charge is -2.21. The minimum Gasteiger partial charge on any atom is -0.354 e. The van der Waals surface area contributed by atoms with Gasteiger partial charge in [-0.25, -0.2) is 0 Å². The Hall–Kier alpha value is -2.00. The number of nitrogens with zero attached hydrogens (tertiary/aromatic N) is 2. The van der Waals surface area contributed by atoms with E-state index in [2.05, 4.69) is 70.7 Å². The third-order valence-corrected chi connectivity index (χ3v) is 4.33. The summed E-state index contributed by atoms with van der Waals surface area (Å²) in [7, 11) is 0. The Labute approximate surface area is 130 Å². The molecule has 0 aliphatic carbocycles. The van der Waals surface area contributed by atoms with Crippen molar-refractivity contribution in [3.63, 3.8) is 0 Å². The van der Waals surface area contributed by atoms with Crippen LogP contribution in [0.4, 0.5) is 0 Å². The maximum Gasteiger partial charge on any atom is 0.111 e. The van der Waals surface area contributed by atoms with Crippen molar-refractivity contribution in [3.05, 3.63) is 84.1 Å². The van der Waals surface area contributed by atoms with Crippen molar-refractivity contribution in [2.24, 2.45) is 4.99 Å². The summed E-state index contributed by atoms with van der Waals surface area (Å²) in [5, 5.41) is 1.11. The highest BCUT2D eigenvalue weighted by Gasteiger charge is 2.07. The van der Waals surface area contributed by atoms with Crippen molar-refractivity contribution in [1.82, 2.24) is 4.90 Å². The van der Waals surface area contributed by atoms with Crippen LogP contribution in [-0.2, 0) is 12.3 Å². The Kier molecular flexibility index (Phi) is 4.74. The highest BCUT2D eigenvalue weighted by molar-refractivity contribution is 8.13. The summed E-state index contributed by atoms with van der Waals surface area (Å²) in [5.74, 6) is 0.975. The monoisotopic (exact) mass is 294 g/mol. The van der Waals surface area contributed by atoms with Gasteiger partial charge in [0.15, 0.2) is 0 Å². The van der Waals surface area contributed by atoms with E-state index in [1.165, 1.54) is 11.1 Å². The van der Waals surface area contributed by atoms with Crippen LogP contribution in [0.5, 0.6) is 0 Å². The van der Waals surface area contributed by atoms with E-state index in [9.17, 15) is 0 Å². The average Bonchev–Trinajstić information content (AvgIpc) is 2.56. The molecule has 2 aromatic rings. The van der Waals surface area contributed by atoms with Gasteiger partial charge >= 0.3 is 0 Å². The van der Waals surface area contributed by atoms with E-state index in [-0.39, 0.29) is 0 Å². The second-order valence-electron chi connectivity index (χ2n) is 4.96. The Morgan fingerprint density at radius 3 is 2.19 bits per heavy atom. The van der Waals surface area contributed by atoms with Crippen molar-refractivity contribution < 1.29 is 0 Å². The van der Waals surface area contributed by atoms with Crippen LogP contribution >= 0.6 is 11.8 Å². The quantitative estimate of drug-likeness (QED) is 0.835. The van der Waals surface area contributed by atoms with Gasteiger partial charge in [0.2, 0.25) is 0 Å². The first-order chi connectivity index (χ1) is 10.4. The molecule has 0 aromatic heterocycles. The zero-order valence-corrected chi connectivity index (χ0v) is 12.7. The van der Waals surface area contributed by atoms with Crippen LogP contribution in [0.15, 0.2) is 77.9 Å². The van der Waals surface area contributed by atoms with Crippen LogP contribution in [0, 0.1) is 0 Å². The highest BCUT2D eigenvalue weighted by atomic mass is 32.2. The Morgan fingerprint density at radius 2 is 1.57 bits per heavy atom. The van der Waals surface area contributed by atoms with Gasteiger partial charge in [-0.15, -0.1) is 11.8 Å². The summed E-state index contributed by atoms with van der Waals surface area (Å²) in [4.78, 5) is 6.86. The number of hydrogen-bond acceptors (Lipinski definition) is 3. The van der Waals surface area contributed by atoms with Crippen LogP contribution < -0.4 is 0 Å². The second-order valence-corrected chi connectivity index (χ2v) is 5.96. The van der Waals surface area contributed by atoms with Gasteiger partial charge in [-0.05, 0) is 17.2 Å². The summed E-state index contributed by atoms with van der Waals surface area (Å²) < 4.78 is 0. The second kappa shape index (κ2) is 7.14. The molecule has 106 valence electrons. The lowest BCUT2D eigenvalue weighted by atomic mass is 10.2. The zero-order chi connectivity index (χ0) is 14.3. The molecule has 0 atom stereocenters. The van der Waals surface area contributed by atoms with Gasteiger partial charge in [0.25, 0.3) is 0 Å². The molecule has 0 amide bonds. The molecule has 0 fully saturated rings. The predicted octanol–water partition coefficient (Wildman–Crippen LogP) is 4.31. The minimum absolute atomic E-state index is 0.739. The molecular formula is C18H18N2S. The van der Waals surface area contributed by atoms with E-state index in [1.54, 1.807) is 11.8 Å². The number of hydrogen-bond donors (Lipinski definition) is 0. The molecule has 2 nitrogen and oxygen atoms in total. The molecule has 21 heavy (non-hydrogen) atoms. The van der Waals surface area contributed by atoms with Gasteiger partial charge in [-0.3, -0.25) is 4.99 Å². The largest absolute Gasteiger partial charge is 0.354 e. The molecular weight excluding hydrogens is 276 g/mol. The molecule has 0 N–H and O–H groups in total. The first-order valence-electron chi connectivity index (χ1n) is 7.07. The summed E-state index contributed by atoms with van der Waals surface area (Å²) in [6.07, 6.45) is 4.26. The SMILES string of the molecule is C1=CN(Cc2ccccc2)CN=C1SCc1ccccc1. The van der Waals surface area contributed by atoms with Crippen molar-refractivity contribution in [3.8, 4) is 0 Å². The molecule has 0 saturated carbocycles. The molecule has 0 radical (unpaired) electrons. The standard InChI is InChI=1S/C18H18N2S/c1-3-7-16(8-4-1)13-20-12-11-18(19-15-20)21-14-17-9-5-2-6-10-17/h1-12H,13-15H2. The van der Waals surface area contributed by atoms with Crippen LogP contribution in [0.3, 0.4) is 0 Å². The topological polar surface area (TPSA) is 15.6 Å². The molecule has 1 aliphatic rings. The van der Waals surface area contributed by atoms with Crippen LogP contribution in [0.25, 0.3) is 0 Å². The van der Waals surface area contributed by atoms with E-state index in [0.717, 1.165) is 24.0 Å². The molecule has 0 bridgehead atoms. The van der Waals surface area contributed by atoms with E-state index in [0.29, 0.717) is 0 Å². The fraction of sp³-hybridized carbons (Fsp3) is 0.167. The van der Waals surface area contributed by atoms with Gasteiger partial charge in [0, 0.05) is 18.5 Å². The lowest BCUT2D eigenvalue weighted by molar-refractivity contribution is 0.379. The van der Waals surface area contributed by atoms with Crippen molar-refractivity contribution in [2.45, 2.75) is 12.3 Å². The summed E-state index contributed by atoms with van der Waals surface area (Å²) in [6.45, 7) is 1.65.